The first-order chi connectivity index (χ1) is 9.47. The maximum atomic E-state index is 9.96. The second-order valence-electron chi connectivity index (χ2n) is 5.71. The highest BCUT2D eigenvalue weighted by Gasteiger charge is 2.10. The zero-order chi connectivity index (χ0) is 14.7. The van der Waals surface area contributed by atoms with E-state index in [-0.39, 0.29) is 6.04 Å². The van der Waals surface area contributed by atoms with Crippen LogP contribution in [0.3, 0.4) is 0 Å². The van der Waals surface area contributed by atoms with E-state index in [1.165, 1.54) is 5.56 Å². The minimum absolute atomic E-state index is 0.0693. The molecule has 0 amide bonds. The molecule has 0 aliphatic heterocycles. The van der Waals surface area contributed by atoms with E-state index in [1.807, 2.05) is 19.1 Å². The van der Waals surface area contributed by atoms with E-state index >= 15 is 0 Å². The molecule has 0 saturated heterocycles. The zero-order valence-corrected chi connectivity index (χ0v) is 12.6. The van der Waals surface area contributed by atoms with Crippen LogP contribution in [0.4, 0.5) is 5.69 Å². The van der Waals surface area contributed by atoms with Crippen LogP contribution in [0, 0.1) is 6.92 Å². The maximum absolute atomic E-state index is 9.96. The van der Waals surface area contributed by atoms with Crippen molar-refractivity contribution < 1.29 is 5.11 Å². The van der Waals surface area contributed by atoms with Crippen LogP contribution in [0.1, 0.15) is 49.4 Å². The van der Waals surface area contributed by atoms with Gasteiger partial charge < -0.3 is 10.4 Å². The number of phenols is 1. The third-order valence-corrected chi connectivity index (χ3v) is 3.61. The smallest absolute Gasteiger partial charge is 0.120 e. The summed E-state index contributed by atoms with van der Waals surface area (Å²) in [6.45, 7) is 8.48. The predicted molar refractivity (Wildman–Crippen MR) is 85.4 cm³/mol. The van der Waals surface area contributed by atoms with E-state index in [4.69, 9.17) is 0 Å². The highest BCUT2D eigenvalue weighted by Crippen LogP contribution is 2.28. The van der Waals surface area contributed by atoms with E-state index in [0.717, 1.165) is 16.8 Å². The molecule has 1 atom stereocenters. The van der Waals surface area contributed by atoms with Gasteiger partial charge in [0.05, 0.1) is 6.04 Å². The number of phenolic OH excluding ortho intramolecular Hbond substituents is 1. The molecular formula is C18H23NO. The molecule has 0 bridgehead atoms. The molecule has 0 radical (unpaired) electrons. The Labute approximate surface area is 121 Å². The first kappa shape index (κ1) is 14.4. The van der Waals surface area contributed by atoms with Gasteiger partial charge in [0.15, 0.2) is 0 Å². The summed E-state index contributed by atoms with van der Waals surface area (Å²) in [7, 11) is 0. The minimum Gasteiger partial charge on any atom is -0.508 e. The Balaban J connectivity index is 2.14. The van der Waals surface area contributed by atoms with Crippen LogP contribution in [0.25, 0.3) is 0 Å². The van der Waals surface area contributed by atoms with Crippen molar-refractivity contribution in [3.63, 3.8) is 0 Å². The van der Waals surface area contributed by atoms with Crippen molar-refractivity contribution >= 4 is 5.69 Å². The first-order valence-electron chi connectivity index (χ1n) is 7.13. The lowest BCUT2D eigenvalue weighted by Crippen LogP contribution is -2.07. The normalized spacial score (nSPS) is 12.4. The van der Waals surface area contributed by atoms with Crippen LogP contribution < -0.4 is 5.32 Å². The molecule has 1 unspecified atom stereocenters. The topological polar surface area (TPSA) is 32.3 Å². The lowest BCUT2D eigenvalue weighted by atomic mass is 10.0. The number of hydrogen-bond donors (Lipinski definition) is 2. The standard InChI is InChI=1S/C18H23NO/c1-12(2)15-6-8-16(9-7-15)19-14(4)17-11-13(3)5-10-18(17)20/h5-12,14,19-20H,1-4H3. The van der Waals surface area contributed by atoms with Gasteiger partial charge in [-0.2, -0.15) is 0 Å². The van der Waals surface area contributed by atoms with E-state index < -0.39 is 0 Å². The molecule has 0 aliphatic rings. The highest BCUT2D eigenvalue weighted by atomic mass is 16.3. The first-order valence-corrected chi connectivity index (χ1v) is 7.13. The molecule has 2 aromatic rings. The number of aryl methyl sites for hydroxylation is 1. The molecule has 0 heterocycles. The van der Waals surface area contributed by atoms with Crippen LogP contribution in [-0.4, -0.2) is 5.11 Å². The molecule has 0 aromatic heterocycles. The fraction of sp³-hybridized carbons (Fsp3) is 0.333. The molecule has 2 heteroatoms. The second-order valence-corrected chi connectivity index (χ2v) is 5.71. The van der Waals surface area contributed by atoms with Gasteiger partial charge in [0.25, 0.3) is 0 Å². The van der Waals surface area contributed by atoms with E-state index in [1.54, 1.807) is 6.07 Å². The summed E-state index contributed by atoms with van der Waals surface area (Å²) in [6, 6.07) is 14.3. The van der Waals surface area contributed by atoms with Crippen molar-refractivity contribution in [3.8, 4) is 5.75 Å². The minimum atomic E-state index is 0.0693. The summed E-state index contributed by atoms with van der Waals surface area (Å²) in [5.41, 5.74) is 4.49. The fourth-order valence-corrected chi connectivity index (χ4v) is 2.31. The maximum Gasteiger partial charge on any atom is 0.120 e. The Morgan fingerprint density at radius 1 is 0.950 bits per heavy atom. The van der Waals surface area contributed by atoms with Gasteiger partial charge in [-0.3, -0.25) is 0 Å². The van der Waals surface area contributed by atoms with Crippen molar-refractivity contribution in [3.05, 3.63) is 59.2 Å². The Bertz CT molecular complexity index is 572. The third-order valence-electron chi connectivity index (χ3n) is 3.61. The Morgan fingerprint density at radius 3 is 2.20 bits per heavy atom. The van der Waals surface area contributed by atoms with Crippen LogP contribution in [0.15, 0.2) is 42.5 Å². The quantitative estimate of drug-likeness (QED) is 0.819. The SMILES string of the molecule is Cc1ccc(O)c(C(C)Nc2ccc(C(C)C)cc2)c1. The number of anilines is 1. The van der Waals surface area contributed by atoms with Gasteiger partial charge in [-0.25, -0.2) is 0 Å². The molecule has 20 heavy (non-hydrogen) atoms. The Kier molecular flexibility index (Phi) is 4.33. The molecule has 106 valence electrons. The van der Waals surface area contributed by atoms with Gasteiger partial charge in [-0.15, -0.1) is 0 Å². The second kappa shape index (κ2) is 6.00. The molecule has 0 aliphatic carbocycles. The van der Waals surface area contributed by atoms with Crippen molar-refractivity contribution in [1.82, 2.24) is 0 Å². The molecule has 0 fully saturated rings. The van der Waals surface area contributed by atoms with Crippen molar-refractivity contribution in [2.24, 2.45) is 0 Å². The van der Waals surface area contributed by atoms with Crippen LogP contribution in [-0.2, 0) is 0 Å². The lowest BCUT2D eigenvalue weighted by Gasteiger charge is -2.18. The number of aromatic hydroxyl groups is 1. The van der Waals surface area contributed by atoms with E-state index in [0.29, 0.717) is 11.7 Å². The molecular weight excluding hydrogens is 246 g/mol. The molecule has 2 rings (SSSR count). The van der Waals surface area contributed by atoms with Gasteiger partial charge >= 0.3 is 0 Å². The molecule has 2 N–H and O–H groups in total. The summed E-state index contributed by atoms with van der Waals surface area (Å²) < 4.78 is 0. The van der Waals surface area contributed by atoms with E-state index in [2.05, 4.69) is 50.4 Å². The average Bonchev–Trinajstić information content (AvgIpc) is 2.42. The van der Waals surface area contributed by atoms with Crippen molar-refractivity contribution in [2.75, 3.05) is 5.32 Å². The molecule has 0 saturated carbocycles. The summed E-state index contributed by atoms with van der Waals surface area (Å²) in [6.07, 6.45) is 0. The van der Waals surface area contributed by atoms with Gasteiger partial charge in [0.1, 0.15) is 5.75 Å². The molecule has 2 aromatic carbocycles. The van der Waals surface area contributed by atoms with Crippen LogP contribution in [0.5, 0.6) is 5.75 Å². The molecule has 0 spiro atoms. The van der Waals surface area contributed by atoms with Crippen molar-refractivity contribution in [2.45, 2.75) is 39.7 Å². The van der Waals surface area contributed by atoms with Gasteiger partial charge in [-0.1, -0.05) is 43.7 Å². The largest absolute Gasteiger partial charge is 0.508 e. The monoisotopic (exact) mass is 269 g/mol. The highest BCUT2D eigenvalue weighted by molar-refractivity contribution is 5.49. The number of benzene rings is 2. The van der Waals surface area contributed by atoms with Crippen LogP contribution in [0.2, 0.25) is 0 Å². The number of nitrogens with one attached hydrogen (secondary N) is 1. The zero-order valence-electron chi connectivity index (χ0n) is 12.6. The average molecular weight is 269 g/mol. The lowest BCUT2D eigenvalue weighted by molar-refractivity contribution is 0.465. The van der Waals surface area contributed by atoms with Crippen LogP contribution >= 0.6 is 0 Å². The number of hydrogen-bond acceptors (Lipinski definition) is 2. The van der Waals surface area contributed by atoms with Gasteiger partial charge in [-0.05, 0) is 43.5 Å². The summed E-state index contributed by atoms with van der Waals surface area (Å²) in [5.74, 6) is 0.886. The number of rotatable bonds is 4. The summed E-state index contributed by atoms with van der Waals surface area (Å²) in [5, 5.41) is 13.4. The predicted octanol–water partition coefficient (Wildman–Crippen LogP) is 5.00. The fourth-order valence-electron chi connectivity index (χ4n) is 2.31. The third kappa shape index (κ3) is 3.32. The summed E-state index contributed by atoms with van der Waals surface area (Å²) >= 11 is 0. The van der Waals surface area contributed by atoms with Crippen molar-refractivity contribution in [1.29, 1.82) is 0 Å². The molecule has 2 nitrogen and oxygen atoms in total. The summed E-state index contributed by atoms with van der Waals surface area (Å²) in [4.78, 5) is 0. The Hall–Kier alpha value is -1.96. The van der Waals surface area contributed by atoms with Gasteiger partial charge in [0.2, 0.25) is 0 Å². The van der Waals surface area contributed by atoms with Gasteiger partial charge in [0, 0.05) is 11.3 Å². The van der Waals surface area contributed by atoms with E-state index in [9.17, 15) is 5.11 Å². The Morgan fingerprint density at radius 2 is 1.60 bits per heavy atom.